The standard InChI is InChI=1S/C49H39N3/c1-4-15-37(16-5-1)46-50-47(38-17-6-2-7-18-38)52-48(51-46)39-26-30-43(31-27-39)49(32-10-3-11-33-49)42-28-24-35(25-29-42)40-20-12-21-41(34-40)45-23-13-19-36-14-8-9-22-44(36)45/h1-2,4-9,12-31,34H,3,10-11,32-33H2. The summed E-state index contributed by atoms with van der Waals surface area (Å²) < 4.78 is 0. The maximum atomic E-state index is 4.97. The maximum Gasteiger partial charge on any atom is 0.164 e. The zero-order valence-corrected chi connectivity index (χ0v) is 29.1. The molecule has 8 aromatic rings. The molecular formula is C49H39N3. The molecule has 0 amide bonds. The quantitative estimate of drug-likeness (QED) is 0.169. The highest BCUT2D eigenvalue weighted by Gasteiger charge is 2.35. The third-order valence-electron chi connectivity index (χ3n) is 10.8. The Morgan fingerprint density at radius 2 is 0.808 bits per heavy atom. The second-order valence-electron chi connectivity index (χ2n) is 13.9. The molecule has 9 rings (SSSR count). The molecule has 0 atom stereocenters. The van der Waals surface area contributed by atoms with Gasteiger partial charge < -0.3 is 0 Å². The third-order valence-corrected chi connectivity index (χ3v) is 10.8. The van der Waals surface area contributed by atoms with Crippen molar-refractivity contribution in [2.75, 3.05) is 0 Å². The van der Waals surface area contributed by atoms with E-state index in [-0.39, 0.29) is 5.41 Å². The second-order valence-corrected chi connectivity index (χ2v) is 13.9. The molecule has 0 spiro atoms. The fourth-order valence-corrected chi connectivity index (χ4v) is 8.10. The smallest absolute Gasteiger partial charge is 0.164 e. The van der Waals surface area contributed by atoms with Crippen LogP contribution in [0.25, 0.3) is 67.2 Å². The van der Waals surface area contributed by atoms with E-state index in [1.54, 1.807) is 0 Å². The van der Waals surface area contributed by atoms with E-state index in [1.807, 2.05) is 36.4 Å². The van der Waals surface area contributed by atoms with E-state index in [0.717, 1.165) is 29.5 Å². The van der Waals surface area contributed by atoms with Crippen LogP contribution in [0.1, 0.15) is 43.2 Å². The van der Waals surface area contributed by atoms with Crippen LogP contribution < -0.4 is 0 Å². The van der Waals surface area contributed by atoms with E-state index in [2.05, 4.69) is 140 Å². The van der Waals surface area contributed by atoms with Crippen molar-refractivity contribution in [1.82, 2.24) is 15.0 Å². The van der Waals surface area contributed by atoms with Crippen LogP contribution in [0.15, 0.2) is 176 Å². The fourth-order valence-electron chi connectivity index (χ4n) is 8.10. The van der Waals surface area contributed by atoms with Crippen LogP contribution in [0, 0.1) is 0 Å². The molecule has 52 heavy (non-hydrogen) atoms. The van der Waals surface area contributed by atoms with E-state index in [0.29, 0.717) is 17.5 Å². The first-order valence-electron chi connectivity index (χ1n) is 18.4. The summed E-state index contributed by atoms with van der Waals surface area (Å²) in [6.07, 6.45) is 6.03. The topological polar surface area (TPSA) is 38.7 Å². The summed E-state index contributed by atoms with van der Waals surface area (Å²) in [6.45, 7) is 0. The average Bonchev–Trinajstić information content (AvgIpc) is 3.24. The molecule has 0 aliphatic heterocycles. The molecule has 3 nitrogen and oxygen atoms in total. The van der Waals surface area contributed by atoms with Gasteiger partial charge in [0.2, 0.25) is 0 Å². The van der Waals surface area contributed by atoms with Crippen LogP contribution >= 0.6 is 0 Å². The van der Waals surface area contributed by atoms with Crippen molar-refractivity contribution < 1.29 is 0 Å². The largest absolute Gasteiger partial charge is 0.208 e. The van der Waals surface area contributed by atoms with Crippen molar-refractivity contribution >= 4 is 10.8 Å². The van der Waals surface area contributed by atoms with Gasteiger partial charge >= 0.3 is 0 Å². The van der Waals surface area contributed by atoms with Gasteiger partial charge in [0, 0.05) is 22.1 Å². The first-order valence-corrected chi connectivity index (χ1v) is 18.4. The van der Waals surface area contributed by atoms with Crippen LogP contribution in [0.4, 0.5) is 0 Å². The highest BCUT2D eigenvalue weighted by molar-refractivity contribution is 5.97. The summed E-state index contributed by atoms with van der Waals surface area (Å²) in [7, 11) is 0. The van der Waals surface area contributed by atoms with Crippen LogP contribution in [-0.2, 0) is 5.41 Å². The number of nitrogens with zero attached hydrogens (tertiary/aromatic N) is 3. The number of benzene rings is 7. The van der Waals surface area contributed by atoms with Gasteiger partial charge in [-0.15, -0.1) is 0 Å². The van der Waals surface area contributed by atoms with Gasteiger partial charge in [-0.25, -0.2) is 15.0 Å². The number of hydrogen-bond acceptors (Lipinski definition) is 3. The van der Waals surface area contributed by atoms with Gasteiger partial charge in [0.25, 0.3) is 0 Å². The van der Waals surface area contributed by atoms with E-state index in [4.69, 9.17) is 15.0 Å². The lowest BCUT2D eigenvalue weighted by Gasteiger charge is -2.39. The molecular weight excluding hydrogens is 631 g/mol. The van der Waals surface area contributed by atoms with E-state index < -0.39 is 0 Å². The SMILES string of the molecule is c1ccc(-c2nc(-c3ccccc3)nc(-c3ccc(C4(c5ccc(-c6cccc(-c7cccc8ccccc78)c6)cc5)CCCCC4)cc3)n2)cc1. The van der Waals surface area contributed by atoms with Crippen molar-refractivity contribution in [1.29, 1.82) is 0 Å². The van der Waals surface area contributed by atoms with Crippen LogP contribution in [0.5, 0.6) is 0 Å². The van der Waals surface area contributed by atoms with Crippen molar-refractivity contribution in [3.05, 3.63) is 187 Å². The molecule has 0 bridgehead atoms. The Balaban J connectivity index is 1.05. The monoisotopic (exact) mass is 669 g/mol. The number of hydrogen-bond donors (Lipinski definition) is 0. The zero-order valence-electron chi connectivity index (χ0n) is 29.1. The Labute approximate surface area is 305 Å². The van der Waals surface area contributed by atoms with Crippen molar-refractivity contribution in [3.8, 4) is 56.4 Å². The Bertz CT molecular complexity index is 2400. The van der Waals surface area contributed by atoms with Gasteiger partial charge in [-0.3, -0.25) is 0 Å². The van der Waals surface area contributed by atoms with Gasteiger partial charge in [0.15, 0.2) is 17.5 Å². The first-order chi connectivity index (χ1) is 25.7. The Hall–Kier alpha value is -6.19. The molecule has 0 unspecified atom stereocenters. The Morgan fingerprint density at radius 1 is 0.346 bits per heavy atom. The molecule has 1 aliphatic carbocycles. The number of rotatable bonds is 7. The zero-order chi connectivity index (χ0) is 34.7. The number of aromatic nitrogens is 3. The highest BCUT2D eigenvalue weighted by Crippen LogP contribution is 2.46. The minimum Gasteiger partial charge on any atom is -0.208 e. The van der Waals surface area contributed by atoms with Crippen molar-refractivity contribution in [2.24, 2.45) is 0 Å². The van der Waals surface area contributed by atoms with E-state index >= 15 is 0 Å². The number of fused-ring (bicyclic) bond motifs is 1. The molecule has 0 saturated heterocycles. The summed E-state index contributed by atoms with van der Waals surface area (Å²) >= 11 is 0. The first kappa shape index (κ1) is 31.8. The predicted octanol–water partition coefficient (Wildman–Crippen LogP) is 12.6. The molecule has 0 radical (unpaired) electrons. The highest BCUT2D eigenvalue weighted by atomic mass is 15.0. The minimum atomic E-state index is -0.0242. The molecule has 1 saturated carbocycles. The van der Waals surface area contributed by atoms with Crippen LogP contribution in [0.2, 0.25) is 0 Å². The van der Waals surface area contributed by atoms with Gasteiger partial charge in [-0.1, -0.05) is 189 Å². The van der Waals surface area contributed by atoms with Crippen LogP contribution in [-0.4, -0.2) is 15.0 Å². The molecule has 0 N–H and O–H groups in total. The third kappa shape index (κ3) is 6.09. The summed E-state index contributed by atoms with van der Waals surface area (Å²) in [5.74, 6) is 2.05. The molecule has 7 aromatic carbocycles. The summed E-state index contributed by atoms with van der Waals surface area (Å²) in [6, 6.07) is 63.0. The second kappa shape index (κ2) is 13.8. The van der Waals surface area contributed by atoms with Gasteiger partial charge in [0.05, 0.1) is 0 Å². The summed E-state index contributed by atoms with van der Waals surface area (Å²) in [5, 5.41) is 2.55. The fraction of sp³-hybridized carbons (Fsp3) is 0.122. The Kier molecular flexibility index (Phi) is 8.46. The molecule has 1 aromatic heterocycles. The average molecular weight is 670 g/mol. The van der Waals surface area contributed by atoms with Gasteiger partial charge in [-0.2, -0.15) is 0 Å². The normalized spacial score (nSPS) is 13.9. The molecule has 1 heterocycles. The molecule has 250 valence electrons. The maximum absolute atomic E-state index is 4.97. The van der Waals surface area contributed by atoms with Crippen molar-refractivity contribution in [2.45, 2.75) is 37.5 Å². The predicted molar refractivity (Wildman–Crippen MR) is 215 cm³/mol. The van der Waals surface area contributed by atoms with Crippen molar-refractivity contribution in [3.63, 3.8) is 0 Å². The van der Waals surface area contributed by atoms with E-state index in [1.165, 1.54) is 63.4 Å². The van der Waals surface area contributed by atoms with Crippen LogP contribution in [0.3, 0.4) is 0 Å². The lowest BCUT2D eigenvalue weighted by atomic mass is 9.65. The van der Waals surface area contributed by atoms with E-state index in [9.17, 15) is 0 Å². The summed E-state index contributed by atoms with van der Waals surface area (Å²) in [5.41, 5.74) is 10.7. The van der Waals surface area contributed by atoms with Gasteiger partial charge in [-0.05, 0) is 63.1 Å². The molecule has 3 heteroatoms. The Morgan fingerprint density at radius 3 is 1.42 bits per heavy atom. The molecule has 1 aliphatic rings. The molecule has 1 fully saturated rings. The van der Waals surface area contributed by atoms with Gasteiger partial charge in [0.1, 0.15) is 0 Å². The summed E-state index contributed by atoms with van der Waals surface area (Å²) in [4.78, 5) is 14.8. The lowest BCUT2D eigenvalue weighted by molar-refractivity contribution is 0.346. The minimum absolute atomic E-state index is 0.0242. The lowest BCUT2D eigenvalue weighted by Crippen LogP contribution is -2.30.